The number of ether oxygens (including phenoxy) is 1. The van der Waals surface area contributed by atoms with Crippen molar-refractivity contribution in [3.63, 3.8) is 0 Å². The second kappa shape index (κ2) is 4.22. The maximum absolute atomic E-state index is 11.7. The lowest BCUT2D eigenvalue weighted by Gasteiger charge is -2.27. The van der Waals surface area contributed by atoms with Gasteiger partial charge in [0.1, 0.15) is 12.3 Å². The van der Waals surface area contributed by atoms with Gasteiger partial charge in [0.05, 0.1) is 11.8 Å². The van der Waals surface area contributed by atoms with Crippen LogP contribution in [0.5, 0.6) is 5.75 Å². The van der Waals surface area contributed by atoms with Crippen LogP contribution in [0.1, 0.15) is 12.8 Å². The molecule has 0 bridgehead atoms. The first kappa shape index (κ1) is 10.9. The fourth-order valence-corrected chi connectivity index (χ4v) is 2.00. The predicted molar refractivity (Wildman–Crippen MR) is 66.5 cm³/mol. The Hall–Kier alpha value is -2.22. The molecule has 1 heterocycles. The molecular weight excluding hydrogens is 230 g/mol. The molecule has 5 nitrogen and oxygen atoms in total. The Kier molecular flexibility index (Phi) is 2.56. The Balaban J connectivity index is 1.92. The average Bonchev–Trinajstić information content (AvgIpc) is 3.17. The van der Waals surface area contributed by atoms with Crippen molar-refractivity contribution in [1.29, 1.82) is 5.26 Å². The third-order valence-corrected chi connectivity index (χ3v) is 3.08. The molecule has 1 N–H and O–H groups in total. The molecule has 1 aliphatic heterocycles. The third-order valence-electron chi connectivity index (χ3n) is 3.08. The van der Waals surface area contributed by atoms with Crippen LogP contribution >= 0.6 is 0 Å². The van der Waals surface area contributed by atoms with E-state index in [0.29, 0.717) is 17.5 Å². The SMILES string of the molecule is N#CCN1C(=O)COc2ccc(NC3CC3)cc21. The summed E-state index contributed by atoms with van der Waals surface area (Å²) in [6.45, 7) is 0.0617. The van der Waals surface area contributed by atoms with Gasteiger partial charge in [0.2, 0.25) is 0 Å². The minimum Gasteiger partial charge on any atom is -0.482 e. The van der Waals surface area contributed by atoms with E-state index in [0.717, 1.165) is 5.69 Å². The second-order valence-corrected chi connectivity index (χ2v) is 4.53. The van der Waals surface area contributed by atoms with Crippen molar-refractivity contribution in [2.75, 3.05) is 23.4 Å². The zero-order valence-corrected chi connectivity index (χ0v) is 9.85. The van der Waals surface area contributed by atoms with E-state index in [1.165, 1.54) is 17.7 Å². The quantitative estimate of drug-likeness (QED) is 0.817. The molecule has 0 atom stereocenters. The number of hydrogen-bond donors (Lipinski definition) is 1. The molecule has 0 spiro atoms. The molecule has 5 heteroatoms. The smallest absolute Gasteiger partial charge is 0.265 e. The van der Waals surface area contributed by atoms with Crippen LogP contribution in [0.4, 0.5) is 11.4 Å². The van der Waals surface area contributed by atoms with Crippen molar-refractivity contribution in [1.82, 2.24) is 0 Å². The van der Waals surface area contributed by atoms with Gasteiger partial charge in [-0.3, -0.25) is 9.69 Å². The summed E-state index contributed by atoms with van der Waals surface area (Å²) in [5.41, 5.74) is 1.65. The van der Waals surface area contributed by atoms with Crippen LogP contribution in [-0.4, -0.2) is 25.1 Å². The monoisotopic (exact) mass is 243 g/mol. The molecule has 1 aromatic carbocycles. The highest BCUT2D eigenvalue weighted by atomic mass is 16.5. The first-order valence-corrected chi connectivity index (χ1v) is 5.98. The van der Waals surface area contributed by atoms with Crippen LogP contribution in [0.25, 0.3) is 0 Å². The molecular formula is C13H13N3O2. The lowest BCUT2D eigenvalue weighted by Crippen LogP contribution is -2.39. The highest BCUT2D eigenvalue weighted by molar-refractivity contribution is 5.98. The summed E-state index contributed by atoms with van der Waals surface area (Å²) in [5, 5.41) is 12.2. The average molecular weight is 243 g/mol. The van der Waals surface area contributed by atoms with Crippen molar-refractivity contribution in [3.8, 4) is 11.8 Å². The molecule has 0 saturated heterocycles. The van der Waals surface area contributed by atoms with Crippen LogP contribution in [0.2, 0.25) is 0 Å². The maximum atomic E-state index is 11.7. The van der Waals surface area contributed by atoms with Gasteiger partial charge in [0.25, 0.3) is 5.91 Å². The lowest BCUT2D eigenvalue weighted by molar-refractivity contribution is -0.121. The summed E-state index contributed by atoms with van der Waals surface area (Å²) < 4.78 is 5.36. The van der Waals surface area contributed by atoms with E-state index in [4.69, 9.17) is 10.00 Å². The number of nitrogens with zero attached hydrogens (tertiary/aromatic N) is 2. The Labute approximate surface area is 105 Å². The van der Waals surface area contributed by atoms with E-state index in [-0.39, 0.29) is 19.1 Å². The van der Waals surface area contributed by atoms with Crippen LogP contribution in [0.15, 0.2) is 18.2 Å². The highest BCUT2D eigenvalue weighted by Crippen LogP contribution is 2.35. The first-order valence-electron chi connectivity index (χ1n) is 5.98. The summed E-state index contributed by atoms with van der Waals surface area (Å²) in [5.74, 6) is 0.485. The minimum absolute atomic E-state index is 0.00405. The zero-order chi connectivity index (χ0) is 12.5. The third kappa shape index (κ3) is 1.97. The summed E-state index contributed by atoms with van der Waals surface area (Å²) in [7, 11) is 0. The minimum atomic E-state index is -0.173. The van der Waals surface area contributed by atoms with Crippen LogP contribution < -0.4 is 15.0 Å². The Morgan fingerprint density at radius 3 is 3.06 bits per heavy atom. The number of fused-ring (bicyclic) bond motifs is 1. The summed E-state index contributed by atoms with van der Waals surface area (Å²) >= 11 is 0. The van der Waals surface area contributed by atoms with E-state index in [1.807, 2.05) is 24.3 Å². The molecule has 18 heavy (non-hydrogen) atoms. The van der Waals surface area contributed by atoms with Crippen molar-refractivity contribution < 1.29 is 9.53 Å². The van der Waals surface area contributed by atoms with Gasteiger partial charge in [0.15, 0.2) is 6.61 Å². The Bertz CT molecular complexity index is 532. The molecule has 92 valence electrons. The van der Waals surface area contributed by atoms with Gasteiger partial charge < -0.3 is 10.1 Å². The van der Waals surface area contributed by atoms with Gasteiger partial charge in [-0.25, -0.2) is 0 Å². The number of anilines is 2. The summed E-state index contributed by atoms with van der Waals surface area (Å²) in [6.07, 6.45) is 2.38. The predicted octanol–water partition coefficient (Wildman–Crippen LogP) is 1.51. The number of nitriles is 1. The molecule has 1 saturated carbocycles. The second-order valence-electron chi connectivity index (χ2n) is 4.53. The molecule has 2 aliphatic rings. The number of hydrogen-bond acceptors (Lipinski definition) is 4. The summed E-state index contributed by atoms with van der Waals surface area (Å²) in [6, 6.07) is 8.22. The standard InChI is InChI=1S/C13H13N3O2/c14-5-6-16-11-7-10(15-9-1-2-9)3-4-12(11)18-8-13(16)17/h3-4,7,9,15H,1-2,6,8H2. The van der Waals surface area contributed by atoms with E-state index >= 15 is 0 Å². The number of nitrogens with one attached hydrogen (secondary N) is 1. The van der Waals surface area contributed by atoms with Crippen molar-refractivity contribution in [3.05, 3.63) is 18.2 Å². The Morgan fingerprint density at radius 2 is 2.33 bits per heavy atom. The topological polar surface area (TPSA) is 65.4 Å². The number of benzene rings is 1. The van der Waals surface area contributed by atoms with Crippen molar-refractivity contribution in [2.24, 2.45) is 0 Å². The molecule has 0 aromatic heterocycles. The lowest BCUT2D eigenvalue weighted by atomic mass is 10.2. The molecule has 3 rings (SSSR count). The molecule has 1 amide bonds. The van der Waals surface area contributed by atoms with Crippen molar-refractivity contribution in [2.45, 2.75) is 18.9 Å². The first-order chi connectivity index (χ1) is 8.78. The van der Waals surface area contributed by atoms with Crippen LogP contribution in [-0.2, 0) is 4.79 Å². The largest absolute Gasteiger partial charge is 0.482 e. The highest BCUT2D eigenvalue weighted by Gasteiger charge is 2.26. The van der Waals surface area contributed by atoms with Gasteiger partial charge in [-0.1, -0.05) is 0 Å². The van der Waals surface area contributed by atoms with Crippen LogP contribution in [0.3, 0.4) is 0 Å². The molecule has 1 fully saturated rings. The fraction of sp³-hybridized carbons (Fsp3) is 0.385. The van der Waals surface area contributed by atoms with Gasteiger partial charge in [-0.2, -0.15) is 5.26 Å². The van der Waals surface area contributed by atoms with Crippen LogP contribution in [0, 0.1) is 11.3 Å². The number of carbonyl (C=O) groups is 1. The van der Waals surface area contributed by atoms with Gasteiger partial charge in [-0.05, 0) is 31.0 Å². The summed E-state index contributed by atoms with van der Waals surface area (Å²) in [4.78, 5) is 13.2. The zero-order valence-electron chi connectivity index (χ0n) is 9.85. The number of amides is 1. The van der Waals surface area contributed by atoms with Gasteiger partial charge >= 0.3 is 0 Å². The molecule has 0 radical (unpaired) electrons. The van der Waals surface area contributed by atoms with E-state index in [2.05, 4.69) is 5.32 Å². The fourth-order valence-electron chi connectivity index (χ4n) is 2.00. The van der Waals surface area contributed by atoms with Gasteiger partial charge in [0, 0.05) is 11.7 Å². The maximum Gasteiger partial charge on any atom is 0.265 e. The Morgan fingerprint density at radius 1 is 1.50 bits per heavy atom. The van der Waals surface area contributed by atoms with Gasteiger partial charge in [-0.15, -0.1) is 0 Å². The molecule has 1 aliphatic carbocycles. The number of carbonyl (C=O) groups excluding carboxylic acids is 1. The number of rotatable bonds is 3. The van der Waals surface area contributed by atoms with E-state index < -0.39 is 0 Å². The molecule has 0 unspecified atom stereocenters. The van der Waals surface area contributed by atoms with E-state index in [9.17, 15) is 4.79 Å². The normalized spacial score (nSPS) is 17.7. The van der Waals surface area contributed by atoms with E-state index in [1.54, 1.807) is 0 Å². The van der Waals surface area contributed by atoms with Crippen molar-refractivity contribution >= 4 is 17.3 Å². The molecule has 1 aromatic rings.